The zero-order valence-electron chi connectivity index (χ0n) is 18.6. The first kappa shape index (κ1) is 22.4. The summed E-state index contributed by atoms with van der Waals surface area (Å²) in [5.74, 6) is -2.73. The number of hydrogen-bond acceptors (Lipinski definition) is 5. The van der Waals surface area contributed by atoms with Gasteiger partial charge in [0.2, 0.25) is 11.8 Å². The zero-order chi connectivity index (χ0) is 24.9. The first-order valence-corrected chi connectivity index (χ1v) is 13.4. The number of benzene rings is 2. The van der Waals surface area contributed by atoms with Crippen molar-refractivity contribution in [1.82, 2.24) is 4.98 Å². The number of carbonyl (C=O) groups is 2. The molecule has 3 heterocycles. The van der Waals surface area contributed by atoms with Crippen molar-refractivity contribution in [1.29, 1.82) is 0 Å². The molecule has 5 unspecified atom stereocenters. The van der Waals surface area contributed by atoms with Gasteiger partial charge in [0.1, 0.15) is 0 Å². The first-order valence-electron chi connectivity index (χ1n) is 11.7. The van der Waals surface area contributed by atoms with E-state index in [1.807, 2.05) is 30.3 Å². The van der Waals surface area contributed by atoms with Crippen LogP contribution in [0.15, 0.2) is 64.4 Å². The Bertz CT molecular complexity index is 1470. The normalized spacial score (nSPS) is 32.5. The van der Waals surface area contributed by atoms with E-state index in [2.05, 4.69) is 4.98 Å². The van der Waals surface area contributed by atoms with Crippen molar-refractivity contribution in [2.45, 2.75) is 28.8 Å². The van der Waals surface area contributed by atoms with E-state index in [4.69, 9.17) is 0 Å². The van der Waals surface area contributed by atoms with Gasteiger partial charge in [-0.3, -0.25) is 14.4 Å². The topological polar surface area (TPSA) is 70.2 Å². The maximum atomic E-state index is 13.8. The van der Waals surface area contributed by atoms with Gasteiger partial charge in [0, 0.05) is 16.0 Å². The number of thiazole rings is 1. The molecule has 2 aliphatic heterocycles. The van der Waals surface area contributed by atoms with E-state index in [0.717, 1.165) is 26.4 Å². The van der Waals surface area contributed by atoms with Gasteiger partial charge in [-0.25, -0.2) is 4.90 Å². The highest BCUT2D eigenvalue weighted by Gasteiger charge is 2.70. The highest BCUT2D eigenvalue weighted by atomic mass is 32.2. The van der Waals surface area contributed by atoms with Crippen LogP contribution in [0, 0.1) is 29.6 Å². The lowest BCUT2D eigenvalue weighted by Gasteiger charge is -2.43. The summed E-state index contributed by atoms with van der Waals surface area (Å²) in [5, 5.41) is 0.800. The first-order chi connectivity index (χ1) is 17.3. The van der Waals surface area contributed by atoms with E-state index in [0.29, 0.717) is 6.42 Å². The summed E-state index contributed by atoms with van der Waals surface area (Å²) >= 11 is 2.74. The third kappa shape index (κ3) is 2.94. The van der Waals surface area contributed by atoms with Crippen LogP contribution in [0.2, 0.25) is 0 Å². The van der Waals surface area contributed by atoms with Crippen LogP contribution in [0.5, 0.6) is 0 Å². The molecule has 184 valence electrons. The highest BCUT2D eigenvalue weighted by molar-refractivity contribution is 8.00. The van der Waals surface area contributed by atoms with E-state index < -0.39 is 35.4 Å². The summed E-state index contributed by atoms with van der Waals surface area (Å²) in [6, 6.07) is 14.6. The summed E-state index contributed by atoms with van der Waals surface area (Å²) in [6.07, 6.45) is -4.00. The number of anilines is 1. The zero-order valence-corrected chi connectivity index (χ0v) is 20.2. The molecule has 2 saturated carbocycles. The highest BCUT2D eigenvalue weighted by Crippen LogP contribution is 2.68. The van der Waals surface area contributed by atoms with Crippen LogP contribution >= 0.6 is 23.1 Å². The molecule has 0 spiro atoms. The standard InChI is InChI=1S/C26H19F3N2O3S2/c27-26(28,29)14-8-4-5-9-15(14)31-23(32)18-12-10-13(19(18)24(31)33)20-17(12)16(11-6-2-1-3-7-11)21-22(35-20)30-25(34)36-21/h1-9,12-13,16-20H,10H2,(H,30,34)/t12-,13-,16?,17?,18?,19?,20?/m1/s1. The SMILES string of the molecule is O=C1C2C(C(=O)N1c1ccccc1C(F)(F)F)[C@@H]1C[C@H]2C2Sc3[nH]c(=O)sc3C(c3ccccc3)C21. The van der Waals surface area contributed by atoms with Gasteiger partial charge in [-0.05, 0) is 41.9 Å². The number of thioether (sulfide) groups is 1. The molecule has 10 heteroatoms. The van der Waals surface area contributed by atoms with E-state index in [-0.39, 0.29) is 39.5 Å². The van der Waals surface area contributed by atoms with Crippen molar-refractivity contribution in [3.8, 4) is 0 Å². The Labute approximate surface area is 211 Å². The van der Waals surface area contributed by atoms with Crippen molar-refractivity contribution >= 4 is 40.6 Å². The van der Waals surface area contributed by atoms with Gasteiger partial charge >= 0.3 is 11.0 Å². The third-order valence-electron chi connectivity index (χ3n) is 8.33. The molecule has 2 amide bonds. The lowest BCUT2D eigenvalue weighted by atomic mass is 9.68. The van der Waals surface area contributed by atoms with Gasteiger partial charge in [0.05, 0.1) is 28.1 Å². The number of amides is 2. The van der Waals surface area contributed by atoms with E-state index in [9.17, 15) is 27.6 Å². The Kier molecular flexibility index (Phi) is 4.71. The fourth-order valence-corrected chi connectivity index (χ4v) is 10.1. The fourth-order valence-electron chi connectivity index (χ4n) is 7.20. The summed E-state index contributed by atoms with van der Waals surface area (Å²) in [6.45, 7) is 0. The van der Waals surface area contributed by atoms with E-state index in [1.165, 1.54) is 29.5 Å². The molecule has 4 aliphatic rings. The lowest BCUT2D eigenvalue weighted by Crippen LogP contribution is -2.42. The second kappa shape index (κ2) is 7.58. The second-order valence-electron chi connectivity index (χ2n) is 9.90. The average Bonchev–Trinajstić information content (AvgIpc) is 3.58. The largest absolute Gasteiger partial charge is 0.418 e. The monoisotopic (exact) mass is 528 g/mol. The maximum Gasteiger partial charge on any atom is 0.418 e. The molecule has 1 aromatic heterocycles. The number of rotatable bonds is 2. The quantitative estimate of drug-likeness (QED) is 0.468. The number of nitrogens with one attached hydrogen (secondary N) is 1. The number of aromatic amines is 1. The molecule has 1 N–H and O–H groups in total. The number of aromatic nitrogens is 1. The smallest absolute Gasteiger partial charge is 0.307 e. The Morgan fingerprint density at radius 1 is 0.889 bits per heavy atom. The summed E-state index contributed by atoms with van der Waals surface area (Å²) in [4.78, 5) is 44.2. The molecule has 2 aromatic carbocycles. The minimum Gasteiger partial charge on any atom is -0.307 e. The minimum atomic E-state index is -4.68. The number of halogens is 3. The van der Waals surface area contributed by atoms with Gasteiger partial charge in [-0.2, -0.15) is 13.2 Å². The number of carbonyl (C=O) groups excluding carboxylic acids is 2. The number of nitrogens with zero attached hydrogens (tertiary/aromatic N) is 1. The maximum absolute atomic E-state index is 13.8. The molecule has 1 saturated heterocycles. The number of H-pyrrole nitrogens is 1. The number of hydrogen-bond donors (Lipinski definition) is 1. The Hall–Kier alpha value is -2.85. The van der Waals surface area contributed by atoms with Crippen LogP contribution in [0.1, 0.15) is 28.3 Å². The van der Waals surface area contributed by atoms with Crippen molar-refractivity contribution in [3.05, 3.63) is 80.3 Å². The van der Waals surface area contributed by atoms with Crippen LogP contribution in [-0.2, 0) is 15.8 Å². The van der Waals surface area contributed by atoms with Crippen molar-refractivity contribution in [2.75, 3.05) is 4.90 Å². The molecular weight excluding hydrogens is 509 g/mol. The van der Waals surface area contributed by atoms with Crippen molar-refractivity contribution in [3.63, 3.8) is 0 Å². The Morgan fingerprint density at radius 3 is 2.28 bits per heavy atom. The van der Waals surface area contributed by atoms with E-state index >= 15 is 0 Å². The Morgan fingerprint density at radius 2 is 1.56 bits per heavy atom. The number of imide groups is 1. The van der Waals surface area contributed by atoms with Gasteiger partial charge < -0.3 is 4.98 Å². The second-order valence-corrected chi connectivity index (χ2v) is 12.1. The molecule has 36 heavy (non-hydrogen) atoms. The van der Waals surface area contributed by atoms with Crippen molar-refractivity contribution < 1.29 is 22.8 Å². The molecule has 3 fully saturated rings. The summed E-state index contributed by atoms with van der Waals surface area (Å²) in [5.41, 5.74) is -0.315. The van der Waals surface area contributed by atoms with Crippen molar-refractivity contribution in [2.24, 2.45) is 29.6 Å². The van der Waals surface area contributed by atoms with Gasteiger partial charge in [0.15, 0.2) is 0 Å². The molecule has 7 rings (SSSR count). The predicted molar refractivity (Wildman–Crippen MR) is 129 cm³/mol. The van der Waals surface area contributed by atoms with Crippen LogP contribution in [0.3, 0.4) is 0 Å². The molecule has 3 aromatic rings. The molecule has 7 atom stereocenters. The molecule has 0 radical (unpaired) electrons. The third-order valence-corrected chi connectivity index (χ3v) is 10.9. The van der Waals surface area contributed by atoms with Crippen LogP contribution in [-0.4, -0.2) is 22.0 Å². The van der Waals surface area contributed by atoms with Gasteiger partial charge in [-0.1, -0.05) is 53.8 Å². The van der Waals surface area contributed by atoms with E-state index in [1.54, 1.807) is 11.8 Å². The summed E-state index contributed by atoms with van der Waals surface area (Å²) < 4.78 is 41.3. The van der Waals surface area contributed by atoms with Gasteiger partial charge in [0.25, 0.3) is 0 Å². The fraction of sp³-hybridized carbons (Fsp3) is 0.346. The Balaban J connectivity index is 1.33. The molecule has 2 bridgehead atoms. The summed E-state index contributed by atoms with van der Waals surface area (Å²) in [7, 11) is 0. The number of fused-ring (bicyclic) bond motifs is 9. The lowest BCUT2D eigenvalue weighted by molar-refractivity contribution is -0.137. The molecule has 2 aliphatic carbocycles. The van der Waals surface area contributed by atoms with Crippen LogP contribution < -0.4 is 9.77 Å². The van der Waals surface area contributed by atoms with Crippen LogP contribution in [0.25, 0.3) is 0 Å². The number of alkyl halides is 3. The van der Waals surface area contributed by atoms with Crippen LogP contribution in [0.4, 0.5) is 18.9 Å². The average molecular weight is 529 g/mol. The van der Waals surface area contributed by atoms with Gasteiger partial charge in [-0.15, -0.1) is 11.8 Å². The molecule has 5 nitrogen and oxygen atoms in total. The minimum absolute atomic E-state index is 0.00577. The predicted octanol–water partition coefficient (Wildman–Crippen LogP) is 5.13. The molecular formula is C26H19F3N2O3S2. The number of para-hydroxylation sites is 1.